The fourth-order valence-corrected chi connectivity index (χ4v) is 3.73. The van der Waals surface area contributed by atoms with Crippen LogP contribution in [0.15, 0.2) is 16.9 Å². The van der Waals surface area contributed by atoms with Crippen molar-refractivity contribution < 1.29 is 19.1 Å². The molecule has 0 bridgehead atoms. The third-order valence-corrected chi connectivity index (χ3v) is 4.84. The first-order valence-electron chi connectivity index (χ1n) is 8.84. The predicted octanol–water partition coefficient (Wildman–Crippen LogP) is 2.26. The molecule has 0 aliphatic carbocycles. The van der Waals surface area contributed by atoms with Crippen molar-refractivity contribution in [3.8, 4) is 17.0 Å². The summed E-state index contributed by atoms with van der Waals surface area (Å²) in [5.41, 5.74) is 4.02. The number of fused-ring (bicyclic) bond motifs is 1. The number of nitrogens with zero attached hydrogens (tertiary/aromatic N) is 3. The van der Waals surface area contributed by atoms with E-state index in [2.05, 4.69) is 4.74 Å². The van der Waals surface area contributed by atoms with Crippen LogP contribution in [0.2, 0.25) is 0 Å². The third kappa shape index (κ3) is 3.50. The lowest BCUT2D eigenvalue weighted by atomic mass is 9.95. The summed E-state index contributed by atoms with van der Waals surface area (Å²) in [5.74, 6) is 0.208. The van der Waals surface area contributed by atoms with E-state index in [1.807, 2.05) is 32.9 Å². The Balaban J connectivity index is 2.23. The molecule has 0 fully saturated rings. The van der Waals surface area contributed by atoms with Gasteiger partial charge in [0.25, 0.3) is 5.56 Å². The fourth-order valence-electron chi connectivity index (χ4n) is 3.73. The third-order valence-electron chi connectivity index (χ3n) is 4.84. The van der Waals surface area contributed by atoms with Crippen LogP contribution in [-0.2, 0) is 22.7 Å². The quantitative estimate of drug-likeness (QED) is 0.766. The minimum absolute atomic E-state index is 0.193. The number of rotatable bonds is 3. The van der Waals surface area contributed by atoms with Crippen LogP contribution in [-0.4, -0.2) is 47.9 Å². The molecule has 0 spiro atoms. The number of hydrogen-bond donors (Lipinski definition) is 0. The van der Waals surface area contributed by atoms with Crippen LogP contribution in [0.5, 0.6) is 5.88 Å². The van der Waals surface area contributed by atoms with Gasteiger partial charge >= 0.3 is 6.16 Å². The Labute approximate surface area is 157 Å². The molecule has 27 heavy (non-hydrogen) atoms. The van der Waals surface area contributed by atoms with E-state index in [0.29, 0.717) is 31.7 Å². The van der Waals surface area contributed by atoms with Crippen molar-refractivity contribution >= 4 is 6.16 Å². The van der Waals surface area contributed by atoms with Gasteiger partial charge in [-0.25, -0.2) is 14.2 Å². The lowest BCUT2D eigenvalue weighted by Crippen LogP contribution is -2.27. The Bertz CT molecular complexity index is 905. The first-order valence-corrected chi connectivity index (χ1v) is 8.84. The zero-order valence-corrected chi connectivity index (χ0v) is 16.4. The van der Waals surface area contributed by atoms with Gasteiger partial charge in [-0.15, -0.1) is 0 Å². The maximum absolute atomic E-state index is 13.3. The van der Waals surface area contributed by atoms with E-state index in [1.165, 1.54) is 7.11 Å². The van der Waals surface area contributed by atoms with Crippen molar-refractivity contribution in [3.05, 3.63) is 39.2 Å². The second-order valence-electron chi connectivity index (χ2n) is 6.67. The SMILES string of the molecule is COC(=O)Oc1c(-c2c(C)cc(C)cc2C)c(=O)n2n1CCN(OC)CC2. The van der Waals surface area contributed by atoms with E-state index in [-0.39, 0.29) is 11.4 Å². The number of ether oxygens (including phenoxy) is 2. The smallest absolute Gasteiger partial charge is 0.437 e. The molecule has 0 saturated carbocycles. The molecule has 1 aromatic heterocycles. The van der Waals surface area contributed by atoms with Gasteiger partial charge in [-0.1, -0.05) is 17.7 Å². The highest BCUT2D eigenvalue weighted by atomic mass is 16.7. The van der Waals surface area contributed by atoms with Gasteiger partial charge in [0.1, 0.15) is 5.56 Å². The molecule has 3 rings (SSSR count). The van der Waals surface area contributed by atoms with Gasteiger partial charge in [0.2, 0.25) is 5.88 Å². The Morgan fingerprint density at radius 1 is 0.926 bits per heavy atom. The average Bonchev–Trinajstić information content (AvgIpc) is 2.77. The summed E-state index contributed by atoms with van der Waals surface area (Å²) in [4.78, 5) is 30.5. The summed E-state index contributed by atoms with van der Waals surface area (Å²) >= 11 is 0. The molecule has 0 radical (unpaired) electrons. The molecular formula is C19H25N3O5. The van der Waals surface area contributed by atoms with Gasteiger partial charge < -0.3 is 14.3 Å². The molecule has 8 nitrogen and oxygen atoms in total. The highest BCUT2D eigenvalue weighted by molar-refractivity contribution is 5.77. The molecule has 2 heterocycles. The Hall–Kier alpha value is -2.58. The molecule has 146 valence electrons. The van der Waals surface area contributed by atoms with E-state index in [4.69, 9.17) is 9.57 Å². The Morgan fingerprint density at radius 3 is 2.07 bits per heavy atom. The fraction of sp³-hybridized carbons (Fsp3) is 0.474. The van der Waals surface area contributed by atoms with Crippen LogP contribution in [0, 0.1) is 20.8 Å². The molecule has 1 aliphatic heterocycles. The maximum Gasteiger partial charge on any atom is 0.514 e. The zero-order chi connectivity index (χ0) is 19.7. The highest BCUT2D eigenvalue weighted by Crippen LogP contribution is 2.34. The summed E-state index contributed by atoms with van der Waals surface area (Å²) < 4.78 is 13.4. The number of carbonyl (C=O) groups is 1. The highest BCUT2D eigenvalue weighted by Gasteiger charge is 2.29. The Morgan fingerprint density at radius 2 is 1.52 bits per heavy atom. The Kier molecular flexibility index (Phi) is 5.38. The monoisotopic (exact) mass is 375 g/mol. The first kappa shape index (κ1) is 19.2. The van der Waals surface area contributed by atoms with E-state index < -0.39 is 6.16 Å². The number of hydrogen-bond acceptors (Lipinski definition) is 6. The van der Waals surface area contributed by atoms with Crippen LogP contribution in [0.3, 0.4) is 0 Å². The molecular weight excluding hydrogens is 350 g/mol. The van der Waals surface area contributed by atoms with Gasteiger partial charge in [-0.2, -0.15) is 5.06 Å². The van der Waals surface area contributed by atoms with E-state index in [0.717, 1.165) is 22.3 Å². The minimum Gasteiger partial charge on any atom is -0.437 e. The molecule has 0 N–H and O–H groups in total. The zero-order valence-electron chi connectivity index (χ0n) is 16.4. The van der Waals surface area contributed by atoms with Crippen molar-refractivity contribution in [2.24, 2.45) is 0 Å². The summed E-state index contributed by atoms with van der Waals surface area (Å²) in [7, 11) is 2.84. The number of hydroxylamine groups is 2. The summed E-state index contributed by atoms with van der Waals surface area (Å²) in [6, 6.07) is 4.04. The second kappa shape index (κ2) is 7.58. The van der Waals surface area contributed by atoms with Crippen LogP contribution >= 0.6 is 0 Å². The van der Waals surface area contributed by atoms with E-state index in [9.17, 15) is 9.59 Å². The average molecular weight is 375 g/mol. The van der Waals surface area contributed by atoms with Crippen molar-refractivity contribution in [2.75, 3.05) is 27.3 Å². The molecule has 8 heteroatoms. The number of aromatic nitrogens is 2. The normalized spacial score (nSPS) is 14.6. The largest absolute Gasteiger partial charge is 0.514 e. The summed E-state index contributed by atoms with van der Waals surface area (Å²) in [6.45, 7) is 7.91. The molecule has 2 aromatic rings. The van der Waals surface area contributed by atoms with Crippen LogP contribution in [0.25, 0.3) is 11.1 Å². The van der Waals surface area contributed by atoms with Gasteiger partial charge in [0, 0.05) is 13.1 Å². The van der Waals surface area contributed by atoms with Crippen LogP contribution in [0.4, 0.5) is 4.79 Å². The molecule has 1 aliphatic rings. The van der Waals surface area contributed by atoms with Crippen molar-refractivity contribution in [3.63, 3.8) is 0 Å². The maximum atomic E-state index is 13.3. The predicted molar refractivity (Wildman–Crippen MR) is 100.0 cm³/mol. The number of methoxy groups -OCH3 is 1. The first-order chi connectivity index (χ1) is 12.9. The van der Waals surface area contributed by atoms with Crippen LogP contribution in [0.1, 0.15) is 16.7 Å². The lowest BCUT2D eigenvalue weighted by molar-refractivity contribution is -0.130. The molecule has 0 saturated heterocycles. The molecule has 0 atom stereocenters. The van der Waals surface area contributed by atoms with E-state index >= 15 is 0 Å². The van der Waals surface area contributed by atoms with Crippen molar-refractivity contribution in [2.45, 2.75) is 33.9 Å². The van der Waals surface area contributed by atoms with Crippen molar-refractivity contribution in [1.29, 1.82) is 0 Å². The molecule has 0 unspecified atom stereocenters. The number of carbonyl (C=O) groups excluding carboxylic acids is 1. The van der Waals surface area contributed by atoms with Gasteiger partial charge in [-0.05, 0) is 37.5 Å². The minimum atomic E-state index is -0.854. The number of benzene rings is 1. The lowest BCUT2D eigenvalue weighted by Gasteiger charge is -2.16. The van der Waals surface area contributed by atoms with Gasteiger partial charge in [-0.3, -0.25) is 4.79 Å². The van der Waals surface area contributed by atoms with Gasteiger partial charge in [0.05, 0.1) is 27.3 Å². The topological polar surface area (TPSA) is 74.9 Å². The summed E-state index contributed by atoms with van der Waals surface area (Å²) in [5, 5.41) is 1.77. The number of aryl methyl sites for hydroxylation is 3. The van der Waals surface area contributed by atoms with Crippen LogP contribution < -0.4 is 10.3 Å². The van der Waals surface area contributed by atoms with E-state index in [1.54, 1.807) is 21.5 Å². The second-order valence-corrected chi connectivity index (χ2v) is 6.67. The summed E-state index contributed by atoms with van der Waals surface area (Å²) in [6.07, 6.45) is -0.854. The molecule has 1 aromatic carbocycles. The molecule has 0 amide bonds. The standard InChI is InChI=1S/C19H25N3O5/c1-12-10-13(2)15(14(3)11-12)16-17(23)21-8-6-20(26-5)7-9-22(21)18(16)27-19(24)25-4/h10-11H,6-9H2,1-5H3. The van der Waals surface area contributed by atoms with Crippen molar-refractivity contribution in [1.82, 2.24) is 14.4 Å². The van der Waals surface area contributed by atoms with Gasteiger partial charge in [0.15, 0.2) is 0 Å².